The van der Waals surface area contributed by atoms with Gasteiger partial charge in [-0.05, 0) is 42.0 Å². The van der Waals surface area contributed by atoms with Crippen molar-refractivity contribution < 1.29 is 13.9 Å². The van der Waals surface area contributed by atoms with Gasteiger partial charge in [0.25, 0.3) is 0 Å². The van der Waals surface area contributed by atoms with Crippen LogP contribution < -0.4 is 19.3 Å². The Morgan fingerprint density at radius 1 is 0.903 bits per heavy atom. The van der Waals surface area contributed by atoms with Crippen LogP contribution in [0.2, 0.25) is 0 Å². The zero-order valence-electron chi connectivity index (χ0n) is 17.6. The van der Waals surface area contributed by atoms with E-state index in [1.54, 1.807) is 37.3 Å². The lowest BCUT2D eigenvalue weighted by Crippen LogP contribution is -2.47. The summed E-state index contributed by atoms with van der Waals surface area (Å²) < 4.78 is 24.2. The number of rotatable bonds is 7. The largest absolute Gasteiger partial charge is 0.497 e. The minimum atomic E-state index is -0.352. The van der Waals surface area contributed by atoms with Crippen LogP contribution >= 0.6 is 11.8 Å². The molecule has 1 fully saturated rings. The molecule has 1 aliphatic heterocycles. The second-order valence-electron chi connectivity index (χ2n) is 7.11. The molecule has 3 aromatic rings. The van der Waals surface area contributed by atoms with Crippen LogP contribution in [-0.2, 0) is 5.75 Å². The van der Waals surface area contributed by atoms with Gasteiger partial charge in [0, 0.05) is 50.0 Å². The second kappa shape index (κ2) is 9.87. The van der Waals surface area contributed by atoms with Crippen molar-refractivity contribution in [3.63, 3.8) is 0 Å². The van der Waals surface area contributed by atoms with Gasteiger partial charge in [0.2, 0.25) is 0 Å². The predicted molar refractivity (Wildman–Crippen MR) is 122 cm³/mol. The van der Waals surface area contributed by atoms with Crippen molar-refractivity contribution in [2.75, 3.05) is 50.2 Å². The maximum atomic E-state index is 14.0. The van der Waals surface area contributed by atoms with Crippen LogP contribution in [0.3, 0.4) is 0 Å². The van der Waals surface area contributed by atoms with Gasteiger partial charge in [-0.3, -0.25) is 0 Å². The van der Waals surface area contributed by atoms with Crippen molar-refractivity contribution in [3.8, 4) is 11.5 Å². The van der Waals surface area contributed by atoms with Crippen molar-refractivity contribution in [2.24, 2.45) is 0 Å². The molecule has 2 aromatic carbocycles. The number of methoxy groups -OCH3 is 2. The van der Waals surface area contributed by atoms with E-state index in [2.05, 4.69) is 31.9 Å². The minimum Gasteiger partial charge on any atom is -0.497 e. The van der Waals surface area contributed by atoms with Crippen LogP contribution in [0.1, 0.15) is 5.56 Å². The van der Waals surface area contributed by atoms with E-state index in [0.717, 1.165) is 48.3 Å². The highest BCUT2D eigenvalue weighted by atomic mass is 32.2. The number of hydrogen-bond acceptors (Lipinski definition) is 7. The summed E-state index contributed by atoms with van der Waals surface area (Å²) in [6.45, 7) is 3.51. The van der Waals surface area contributed by atoms with Gasteiger partial charge >= 0.3 is 0 Å². The molecule has 0 amide bonds. The van der Waals surface area contributed by atoms with E-state index < -0.39 is 0 Å². The molecule has 0 saturated carbocycles. The highest BCUT2D eigenvalue weighted by Gasteiger charge is 2.21. The van der Waals surface area contributed by atoms with Crippen LogP contribution in [0.4, 0.5) is 15.9 Å². The summed E-state index contributed by atoms with van der Waals surface area (Å²) in [5.41, 5.74) is 2.07. The average molecular weight is 441 g/mol. The number of thioether (sulfide) groups is 1. The molecule has 0 radical (unpaired) electrons. The Morgan fingerprint density at radius 2 is 1.61 bits per heavy atom. The molecule has 162 valence electrons. The van der Waals surface area contributed by atoms with E-state index in [-0.39, 0.29) is 11.6 Å². The number of piperazine rings is 1. The van der Waals surface area contributed by atoms with Gasteiger partial charge in [-0.2, -0.15) is 0 Å². The molecule has 0 aliphatic carbocycles. The molecule has 0 N–H and O–H groups in total. The zero-order chi connectivity index (χ0) is 21.6. The van der Waals surface area contributed by atoms with Gasteiger partial charge in [0.1, 0.15) is 10.8 Å². The highest BCUT2D eigenvalue weighted by molar-refractivity contribution is 7.98. The number of benzene rings is 2. The van der Waals surface area contributed by atoms with E-state index in [4.69, 9.17) is 9.47 Å². The Kier molecular flexibility index (Phi) is 6.76. The Morgan fingerprint density at radius 3 is 2.29 bits per heavy atom. The molecule has 31 heavy (non-hydrogen) atoms. The van der Waals surface area contributed by atoms with Crippen LogP contribution in [0.25, 0.3) is 0 Å². The van der Waals surface area contributed by atoms with Crippen LogP contribution in [0.5, 0.6) is 11.5 Å². The van der Waals surface area contributed by atoms with Crippen LogP contribution in [0.15, 0.2) is 59.9 Å². The first-order valence-corrected chi connectivity index (χ1v) is 11.1. The molecule has 6 nitrogen and oxygen atoms in total. The molecule has 1 saturated heterocycles. The predicted octanol–water partition coefficient (Wildman–Crippen LogP) is 4.25. The molecule has 0 bridgehead atoms. The molecule has 1 aliphatic rings. The summed E-state index contributed by atoms with van der Waals surface area (Å²) in [7, 11) is 3.14. The molecular formula is C23H25FN4O2S. The number of ether oxygens (including phenoxy) is 2. The summed E-state index contributed by atoms with van der Waals surface area (Å²) in [5, 5.41) is 0.858. The van der Waals surface area contributed by atoms with Crippen LogP contribution in [0, 0.1) is 5.82 Å². The quantitative estimate of drug-likeness (QED) is 0.509. The molecule has 2 heterocycles. The molecule has 0 atom stereocenters. The van der Waals surface area contributed by atoms with Crippen molar-refractivity contribution in [3.05, 3.63) is 66.2 Å². The smallest absolute Gasteiger partial charge is 0.165 e. The Hall–Kier alpha value is -3.00. The van der Waals surface area contributed by atoms with Gasteiger partial charge < -0.3 is 19.3 Å². The maximum Gasteiger partial charge on any atom is 0.165 e. The third kappa shape index (κ3) is 5.02. The van der Waals surface area contributed by atoms with E-state index in [9.17, 15) is 4.39 Å². The number of aromatic nitrogens is 2. The average Bonchev–Trinajstić information content (AvgIpc) is 2.83. The number of anilines is 2. The molecule has 0 unspecified atom stereocenters. The van der Waals surface area contributed by atoms with Crippen LogP contribution in [-0.4, -0.2) is 50.4 Å². The third-order valence-electron chi connectivity index (χ3n) is 5.26. The Bertz CT molecular complexity index is 1010. The first-order valence-electron chi connectivity index (χ1n) is 10.1. The first-order chi connectivity index (χ1) is 15.2. The summed E-state index contributed by atoms with van der Waals surface area (Å²) >= 11 is 1.57. The first kappa shape index (κ1) is 21.2. The van der Waals surface area contributed by atoms with Crippen molar-refractivity contribution >= 4 is 23.3 Å². The summed E-state index contributed by atoms with van der Waals surface area (Å²) in [6, 6.07) is 13.2. The summed E-state index contributed by atoms with van der Waals surface area (Å²) in [4.78, 5) is 13.8. The third-order valence-corrected chi connectivity index (χ3v) is 6.29. The topological polar surface area (TPSA) is 50.7 Å². The summed E-state index contributed by atoms with van der Waals surface area (Å²) in [5.74, 6) is 2.26. The minimum absolute atomic E-state index is 0.253. The fraction of sp³-hybridized carbons (Fsp3) is 0.304. The van der Waals surface area contributed by atoms with Gasteiger partial charge in [0.05, 0.1) is 14.2 Å². The van der Waals surface area contributed by atoms with E-state index in [1.165, 1.54) is 18.9 Å². The fourth-order valence-corrected chi connectivity index (χ4v) is 4.49. The van der Waals surface area contributed by atoms with Crippen molar-refractivity contribution in [2.45, 2.75) is 10.8 Å². The molecule has 8 heteroatoms. The Labute approximate surface area is 186 Å². The normalized spacial score (nSPS) is 13.9. The maximum absolute atomic E-state index is 14.0. The lowest BCUT2D eigenvalue weighted by atomic mass is 10.2. The number of nitrogens with zero attached hydrogens (tertiary/aromatic N) is 4. The van der Waals surface area contributed by atoms with Gasteiger partial charge in [-0.15, -0.1) is 0 Å². The van der Waals surface area contributed by atoms with Gasteiger partial charge in [-0.1, -0.05) is 17.8 Å². The monoisotopic (exact) mass is 440 g/mol. The highest BCUT2D eigenvalue weighted by Crippen LogP contribution is 2.31. The zero-order valence-corrected chi connectivity index (χ0v) is 18.4. The van der Waals surface area contributed by atoms with Gasteiger partial charge in [-0.25, -0.2) is 14.4 Å². The molecule has 1 aromatic heterocycles. The van der Waals surface area contributed by atoms with Crippen molar-refractivity contribution in [1.29, 1.82) is 0 Å². The molecule has 0 spiro atoms. The second-order valence-corrected chi connectivity index (χ2v) is 8.08. The lowest BCUT2D eigenvalue weighted by Gasteiger charge is -2.37. The molecule has 4 rings (SSSR count). The number of halogens is 1. The molecular weight excluding hydrogens is 415 g/mol. The number of hydrogen-bond donors (Lipinski definition) is 0. The SMILES string of the molecule is COc1ccc(N2CCN(c3nccnc3SCc3ccc(OC)c(F)c3)CC2)cc1. The van der Waals surface area contributed by atoms with Crippen molar-refractivity contribution in [1.82, 2.24) is 9.97 Å². The standard InChI is InChI=1S/C23H25FN4O2S/c1-29-19-6-4-18(5-7-19)27-11-13-28(14-12-27)22-23(26-10-9-25-22)31-16-17-3-8-21(30-2)20(24)15-17/h3-10,15H,11-14,16H2,1-2H3. The van der Waals surface area contributed by atoms with Gasteiger partial charge in [0.15, 0.2) is 17.4 Å². The van der Waals surface area contributed by atoms with E-state index >= 15 is 0 Å². The van der Waals surface area contributed by atoms with E-state index in [1.807, 2.05) is 18.2 Å². The summed E-state index contributed by atoms with van der Waals surface area (Å²) in [6.07, 6.45) is 3.43. The Balaban J connectivity index is 1.40. The lowest BCUT2D eigenvalue weighted by molar-refractivity contribution is 0.386. The van der Waals surface area contributed by atoms with E-state index in [0.29, 0.717) is 5.75 Å². The fourth-order valence-electron chi connectivity index (χ4n) is 3.56.